The lowest BCUT2D eigenvalue weighted by atomic mass is 9.83. The van der Waals surface area contributed by atoms with Gasteiger partial charge in [-0.3, -0.25) is 0 Å². The third kappa shape index (κ3) is 3.02. The highest BCUT2D eigenvalue weighted by Crippen LogP contribution is 2.41. The van der Waals surface area contributed by atoms with Gasteiger partial charge in [0, 0.05) is 6.04 Å². The molecule has 0 amide bonds. The van der Waals surface area contributed by atoms with Gasteiger partial charge in [0.05, 0.1) is 0 Å². The number of hydrogen-bond donors (Lipinski definition) is 1. The number of nitrogens with one attached hydrogen (secondary N) is 1. The van der Waals surface area contributed by atoms with Gasteiger partial charge < -0.3 is 5.32 Å². The van der Waals surface area contributed by atoms with Crippen molar-refractivity contribution in [3.05, 3.63) is 34.4 Å². The molecule has 0 bridgehead atoms. The zero-order chi connectivity index (χ0) is 14.0. The fourth-order valence-electron chi connectivity index (χ4n) is 3.70. The van der Waals surface area contributed by atoms with Crippen molar-refractivity contribution < 1.29 is 0 Å². The molecule has 2 rings (SSSR count). The molecule has 0 spiro atoms. The van der Waals surface area contributed by atoms with Crippen molar-refractivity contribution >= 4 is 0 Å². The molecular weight excluding hydrogens is 230 g/mol. The molecule has 0 aromatic heterocycles. The summed E-state index contributed by atoms with van der Waals surface area (Å²) in [5, 5.41) is 3.76. The predicted octanol–water partition coefficient (Wildman–Crippen LogP) is 4.70. The Kier molecular flexibility index (Phi) is 4.67. The second-order valence-electron chi connectivity index (χ2n) is 6.40. The van der Waals surface area contributed by atoms with Crippen LogP contribution in [-0.4, -0.2) is 6.54 Å². The third-order valence-electron chi connectivity index (χ3n) is 5.00. The lowest BCUT2D eigenvalue weighted by molar-refractivity contribution is 0.305. The molecule has 106 valence electrons. The van der Waals surface area contributed by atoms with E-state index in [1.54, 1.807) is 0 Å². The highest BCUT2D eigenvalue weighted by atomic mass is 14.9. The van der Waals surface area contributed by atoms with Gasteiger partial charge in [-0.2, -0.15) is 0 Å². The predicted molar refractivity (Wildman–Crippen MR) is 83.6 cm³/mol. The molecule has 1 heteroatoms. The summed E-state index contributed by atoms with van der Waals surface area (Å²) >= 11 is 0. The summed E-state index contributed by atoms with van der Waals surface area (Å²) in [4.78, 5) is 0. The number of hydrogen-bond acceptors (Lipinski definition) is 1. The van der Waals surface area contributed by atoms with Crippen molar-refractivity contribution in [2.75, 3.05) is 6.54 Å². The lowest BCUT2D eigenvalue weighted by Gasteiger charge is -2.30. The van der Waals surface area contributed by atoms with Crippen LogP contribution in [0.25, 0.3) is 0 Å². The maximum absolute atomic E-state index is 3.76. The first kappa shape index (κ1) is 14.6. The molecule has 3 atom stereocenters. The molecule has 1 N–H and O–H groups in total. The first-order valence-corrected chi connectivity index (χ1v) is 7.85. The Labute approximate surface area is 118 Å². The van der Waals surface area contributed by atoms with E-state index in [0.717, 1.165) is 18.4 Å². The minimum Gasteiger partial charge on any atom is -0.310 e. The van der Waals surface area contributed by atoms with Crippen LogP contribution in [0.1, 0.15) is 61.4 Å². The number of rotatable bonds is 4. The molecule has 1 nitrogen and oxygen atoms in total. The third-order valence-corrected chi connectivity index (χ3v) is 5.00. The molecule has 1 saturated carbocycles. The van der Waals surface area contributed by atoms with Crippen molar-refractivity contribution in [2.45, 2.75) is 59.9 Å². The molecule has 3 unspecified atom stereocenters. The van der Waals surface area contributed by atoms with E-state index in [-0.39, 0.29) is 0 Å². The van der Waals surface area contributed by atoms with E-state index >= 15 is 0 Å². The Balaban J connectivity index is 2.35. The van der Waals surface area contributed by atoms with E-state index in [4.69, 9.17) is 0 Å². The normalized spacial score (nSPS) is 24.7. The second-order valence-corrected chi connectivity index (χ2v) is 6.40. The van der Waals surface area contributed by atoms with E-state index in [1.165, 1.54) is 41.5 Å². The number of aryl methyl sites for hydroxylation is 3. The fourth-order valence-corrected chi connectivity index (χ4v) is 3.70. The first-order chi connectivity index (χ1) is 9.04. The van der Waals surface area contributed by atoms with E-state index in [9.17, 15) is 0 Å². The first-order valence-electron chi connectivity index (χ1n) is 7.85. The van der Waals surface area contributed by atoms with Crippen LogP contribution in [0, 0.1) is 32.6 Å². The average Bonchev–Trinajstić information content (AvgIpc) is 2.77. The summed E-state index contributed by atoms with van der Waals surface area (Å²) in [6, 6.07) is 5.32. The molecule has 19 heavy (non-hydrogen) atoms. The summed E-state index contributed by atoms with van der Waals surface area (Å²) < 4.78 is 0. The summed E-state index contributed by atoms with van der Waals surface area (Å²) in [6.45, 7) is 12.4. The van der Waals surface area contributed by atoms with Gasteiger partial charge in [-0.1, -0.05) is 38.8 Å². The fraction of sp³-hybridized carbons (Fsp3) is 0.667. The van der Waals surface area contributed by atoms with Crippen LogP contribution in [0.4, 0.5) is 0 Å². The van der Waals surface area contributed by atoms with Crippen LogP contribution in [-0.2, 0) is 0 Å². The molecular formula is C18H29N. The highest BCUT2D eigenvalue weighted by Gasteiger charge is 2.32. The largest absolute Gasteiger partial charge is 0.310 e. The molecule has 1 aliphatic carbocycles. The van der Waals surface area contributed by atoms with Crippen LogP contribution >= 0.6 is 0 Å². The van der Waals surface area contributed by atoms with Crippen molar-refractivity contribution in [1.29, 1.82) is 0 Å². The average molecular weight is 259 g/mol. The van der Waals surface area contributed by atoms with Gasteiger partial charge in [0.15, 0.2) is 0 Å². The van der Waals surface area contributed by atoms with Crippen LogP contribution in [0.5, 0.6) is 0 Å². The van der Waals surface area contributed by atoms with Crippen molar-refractivity contribution in [1.82, 2.24) is 5.32 Å². The van der Waals surface area contributed by atoms with Crippen LogP contribution in [0.3, 0.4) is 0 Å². The zero-order valence-electron chi connectivity index (χ0n) is 13.2. The van der Waals surface area contributed by atoms with Crippen LogP contribution < -0.4 is 5.32 Å². The van der Waals surface area contributed by atoms with Gasteiger partial charge in [-0.15, -0.1) is 0 Å². The lowest BCUT2D eigenvalue weighted by Crippen LogP contribution is -2.30. The maximum atomic E-state index is 3.76. The Morgan fingerprint density at radius 1 is 1.11 bits per heavy atom. The standard InChI is InChI=1S/C18H29N/c1-6-19-18(16-9-7-8-12(16)2)17-11-14(4)13(3)10-15(17)5/h10-12,16,18-19H,6-9H2,1-5H3. The minimum absolute atomic E-state index is 0.543. The van der Waals surface area contributed by atoms with Crippen LogP contribution in [0.15, 0.2) is 12.1 Å². The Morgan fingerprint density at radius 2 is 1.79 bits per heavy atom. The van der Waals surface area contributed by atoms with Gasteiger partial charge in [-0.25, -0.2) is 0 Å². The summed E-state index contributed by atoms with van der Waals surface area (Å²) in [5.41, 5.74) is 5.82. The molecule has 1 fully saturated rings. The molecule has 0 heterocycles. The van der Waals surface area contributed by atoms with Gasteiger partial charge >= 0.3 is 0 Å². The minimum atomic E-state index is 0.543. The Morgan fingerprint density at radius 3 is 2.37 bits per heavy atom. The number of benzene rings is 1. The van der Waals surface area contributed by atoms with E-state index in [1.807, 2.05) is 0 Å². The molecule has 1 aromatic rings. The molecule has 1 aromatic carbocycles. The quantitative estimate of drug-likeness (QED) is 0.826. The van der Waals surface area contributed by atoms with Crippen molar-refractivity contribution in [2.24, 2.45) is 11.8 Å². The van der Waals surface area contributed by atoms with E-state index in [0.29, 0.717) is 6.04 Å². The zero-order valence-corrected chi connectivity index (χ0v) is 13.2. The molecule has 0 saturated heterocycles. The molecule has 0 aliphatic heterocycles. The SMILES string of the molecule is CCNC(c1cc(C)c(C)cc1C)C1CCCC1C. The van der Waals surface area contributed by atoms with Crippen molar-refractivity contribution in [3.8, 4) is 0 Å². The smallest absolute Gasteiger partial charge is 0.0353 e. The monoisotopic (exact) mass is 259 g/mol. The summed E-state index contributed by atoms with van der Waals surface area (Å²) in [5.74, 6) is 1.66. The van der Waals surface area contributed by atoms with Crippen LogP contribution in [0.2, 0.25) is 0 Å². The van der Waals surface area contributed by atoms with Gasteiger partial charge in [0.25, 0.3) is 0 Å². The molecule has 0 radical (unpaired) electrons. The Bertz CT molecular complexity index is 436. The van der Waals surface area contributed by atoms with E-state index < -0.39 is 0 Å². The topological polar surface area (TPSA) is 12.0 Å². The second kappa shape index (κ2) is 6.09. The maximum Gasteiger partial charge on any atom is 0.0353 e. The Hall–Kier alpha value is -0.820. The van der Waals surface area contributed by atoms with Gasteiger partial charge in [0.2, 0.25) is 0 Å². The highest BCUT2D eigenvalue weighted by molar-refractivity contribution is 5.38. The van der Waals surface area contributed by atoms with Crippen molar-refractivity contribution in [3.63, 3.8) is 0 Å². The van der Waals surface area contributed by atoms with E-state index in [2.05, 4.69) is 52.1 Å². The summed E-state index contributed by atoms with van der Waals surface area (Å²) in [7, 11) is 0. The van der Waals surface area contributed by atoms with Gasteiger partial charge in [-0.05, 0) is 67.8 Å². The molecule has 1 aliphatic rings. The summed E-state index contributed by atoms with van der Waals surface area (Å²) in [6.07, 6.45) is 4.18. The van der Waals surface area contributed by atoms with Gasteiger partial charge in [0.1, 0.15) is 0 Å².